The molecule has 0 radical (unpaired) electrons. The van der Waals surface area contributed by atoms with Crippen LogP contribution in [0.1, 0.15) is 29.8 Å². The molecule has 0 bridgehead atoms. The third kappa shape index (κ3) is 3.14. The molecule has 2 aromatic rings. The fourth-order valence-electron chi connectivity index (χ4n) is 3.50. The van der Waals surface area contributed by atoms with E-state index in [1.807, 2.05) is 23.1 Å². The van der Waals surface area contributed by atoms with Crippen LogP contribution in [0.3, 0.4) is 0 Å². The molecule has 2 saturated heterocycles. The monoisotopic (exact) mass is 345 g/mol. The topological polar surface area (TPSA) is 64.6 Å². The summed E-state index contributed by atoms with van der Waals surface area (Å²) >= 11 is 1.44. The number of thiazole rings is 1. The summed E-state index contributed by atoms with van der Waals surface area (Å²) in [6.07, 6.45) is 4.37. The van der Waals surface area contributed by atoms with Crippen molar-refractivity contribution in [3.63, 3.8) is 0 Å². The lowest BCUT2D eigenvalue weighted by molar-refractivity contribution is -0.0454. The molecule has 1 spiro atoms. The van der Waals surface area contributed by atoms with Gasteiger partial charge < -0.3 is 14.4 Å². The van der Waals surface area contributed by atoms with E-state index in [2.05, 4.69) is 9.97 Å². The maximum absolute atomic E-state index is 12.5. The molecule has 2 atom stereocenters. The third-order valence-electron chi connectivity index (χ3n) is 4.58. The Morgan fingerprint density at radius 3 is 3.17 bits per heavy atom. The SMILES string of the molecule is O=C(c1cscn1)N1CCC[C@]2(C[C@@H](Oc3ccccn3)CO2)C1. The summed E-state index contributed by atoms with van der Waals surface area (Å²) in [6, 6.07) is 5.62. The standard InChI is InChI=1S/C17H19N3O3S/c21-16(14-10-24-12-19-14)20-7-3-5-17(11-20)8-13(9-22-17)23-15-4-1-2-6-18-15/h1-2,4,6,10,12-13H,3,5,7-9,11H2/t13-,17+/m1/s1. The molecule has 0 aromatic carbocycles. The van der Waals surface area contributed by atoms with Gasteiger partial charge in [-0.1, -0.05) is 6.07 Å². The summed E-state index contributed by atoms with van der Waals surface area (Å²) in [4.78, 5) is 22.7. The van der Waals surface area contributed by atoms with Crippen LogP contribution in [0.25, 0.3) is 0 Å². The second kappa shape index (κ2) is 6.49. The molecule has 0 unspecified atom stereocenters. The molecule has 4 heterocycles. The third-order valence-corrected chi connectivity index (χ3v) is 5.16. The maximum Gasteiger partial charge on any atom is 0.273 e. The molecule has 6 nitrogen and oxygen atoms in total. The second-order valence-corrected chi connectivity index (χ2v) is 7.03. The number of nitrogens with zero attached hydrogens (tertiary/aromatic N) is 3. The van der Waals surface area contributed by atoms with Crippen LogP contribution >= 0.6 is 11.3 Å². The maximum atomic E-state index is 12.5. The minimum absolute atomic E-state index is 0.00646. The van der Waals surface area contributed by atoms with Crippen molar-refractivity contribution in [2.24, 2.45) is 0 Å². The first kappa shape index (κ1) is 15.5. The number of amides is 1. The van der Waals surface area contributed by atoms with E-state index in [0.29, 0.717) is 24.7 Å². The fraction of sp³-hybridized carbons (Fsp3) is 0.471. The van der Waals surface area contributed by atoms with E-state index >= 15 is 0 Å². The number of pyridine rings is 1. The summed E-state index contributed by atoms with van der Waals surface area (Å²) in [5, 5.41) is 1.80. The van der Waals surface area contributed by atoms with E-state index in [9.17, 15) is 4.79 Å². The van der Waals surface area contributed by atoms with E-state index in [1.165, 1.54) is 11.3 Å². The first-order valence-corrected chi connectivity index (χ1v) is 9.08. The predicted molar refractivity (Wildman–Crippen MR) is 89.2 cm³/mol. The molecule has 7 heteroatoms. The van der Waals surface area contributed by atoms with Gasteiger partial charge in [-0.05, 0) is 18.9 Å². The van der Waals surface area contributed by atoms with Gasteiger partial charge in [-0.3, -0.25) is 4.79 Å². The number of ether oxygens (including phenoxy) is 2. The molecule has 1 amide bonds. The molecular weight excluding hydrogens is 326 g/mol. The highest BCUT2D eigenvalue weighted by Gasteiger charge is 2.45. The number of carbonyl (C=O) groups excluding carboxylic acids is 1. The molecular formula is C17H19N3O3S. The lowest BCUT2D eigenvalue weighted by atomic mass is 9.89. The van der Waals surface area contributed by atoms with Crippen molar-refractivity contribution >= 4 is 17.2 Å². The first-order valence-electron chi connectivity index (χ1n) is 8.13. The Labute approximate surface area is 144 Å². The summed E-state index contributed by atoms with van der Waals surface area (Å²) in [7, 11) is 0. The van der Waals surface area contributed by atoms with Gasteiger partial charge in [0.05, 0.1) is 24.3 Å². The van der Waals surface area contributed by atoms with Crippen LogP contribution < -0.4 is 4.74 Å². The van der Waals surface area contributed by atoms with Crippen LogP contribution in [0.4, 0.5) is 0 Å². The van der Waals surface area contributed by atoms with Crippen molar-refractivity contribution in [2.45, 2.75) is 31.0 Å². The van der Waals surface area contributed by atoms with Gasteiger partial charge in [-0.15, -0.1) is 11.3 Å². The number of piperidine rings is 1. The number of hydrogen-bond donors (Lipinski definition) is 0. The average Bonchev–Trinajstić information content (AvgIpc) is 3.26. The van der Waals surface area contributed by atoms with Gasteiger partial charge in [0.25, 0.3) is 5.91 Å². The predicted octanol–water partition coefficient (Wildman–Crippen LogP) is 2.38. The number of aromatic nitrogens is 2. The smallest absolute Gasteiger partial charge is 0.273 e. The molecule has 24 heavy (non-hydrogen) atoms. The molecule has 0 N–H and O–H groups in total. The van der Waals surface area contributed by atoms with Crippen LogP contribution in [0.2, 0.25) is 0 Å². The molecule has 2 aromatic heterocycles. The largest absolute Gasteiger partial charge is 0.472 e. The van der Waals surface area contributed by atoms with Gasteiger partial charge >= 0.3 is 0 Å². The molecule has 4 rings (SSSR count). The second-order valence-electron chi connectivity index (χ2n) is 6.31. The van der Waals surface area contributed by atoms with Crippen LogP contribution in [0.15, 0.2) is 35.3 Å². The molecule has 126 valence electrons. The highest BCUT2D eigenvalue weighted by Crippen LogP contribution is 2.36. The Morgan fingerprint density at radius 2 is 2.38 bits per heavy atom. The van der Waals surface area contributed by atoms with Crippen molar-refractivity contribution in [2.75, 3.05) is 19.7 Å². The highest BCUT2D eigenvalue weighted by atomic mass is 32.1. The molecule has 2 aliphatic rings. The van der Waals surface area contributed by atoms with Gasteiger partial charge in [0.1, 0.15) is 11.8 Å². The van der Waals surface area contributed by atoms with Gasteiger partial charge in [0, 0.05) is 30.6 Å². The normalized spacial score (nSPS) is 26.7. The molecule has 0 saturated carbocycles. The molecule has 0 aliphatic carbocycles. The van der Waals surface area contributed by atoms with Crippen LogP contribution in [-0.4, -0.2) is 52.2 Å². The van der Waals surface area contributed by atoms with Crippen molar-refractivity contribution in [1.29, 1.82) is 0 Å². The zero-order chi connectivity index (χ0) is 16.4. The summed E-state index contributed by atoms with van der Waals surface area (Å²) in [5.41, 5.74) is 1.91. The number of carbonyl (C=O) groups is 1. The van der Waals surface area contributed by atoms with Crippen molar-refractivity contribution in [3.8, 4) is 5.88 Å². The van der Waals surface area contributed by atoms with E-state index in [0.717, 1.165) is 25.8 Å². The highest BCUT2D eigenvalue weighted by molar-refractivity contribution is 7.07. The first-order chi connectivity index (χ1) is 11.7. The van der Waals surface area contributed by atoms with Gasteiger partial charge in [0.15, 0.2) is 0 Å². The van der Waals surface area contributed by atoms with Crippen LogP contribution in [0.5, 0.6) is 5.88 Å². The summed E-state index contributed by atoms with van der Waals surface area (Å²) in [6.45, 7) is 1.90. The Balaban J connectivity index is 1.41. The quantitative estimate of drug-likeness (QED) is 0.855. The Morgan fingerprint density at radius 1 is 1.42 bits per heavy atom. The zero-order valence-electron chi connectivity index (χ0n) is 13.3. The molecule has 2 fully saturated rings. The summed E-state index contributed by atoms with van der Waals surface area (Å²) in [5.74, 6) is 0.613. The van der Waals surface area contributed by atoms with Gasteiger partial charge in [-0.25, -0.2) is 9.97 Å². The average molecular weight is 345 g/mol. The minimum Gasteiger partial charge on any atom is -0.472 e. The van der Waals surface area contributed by atoms with Crippen LogP contribution in [0, 0.1) is 0 Å². The number of rotatable bonds is 3. The van der Waals surface area contributed by atoms with Crippen molar-refractivity contribution in [3.05, 3.63) is 41.0 Å². The Kier molecular flexibility index (Phi) is 4.20. The van der Waals surface area contributed by atoms with Crippen molar-refractivity contribution in [1.82, 2.24) is 14.9 Å². The minimum atomic E-state index is -0.302. The Bertz CT molecular complexity index is 694. The zero-order valence-corrected chi connectivity index (χ0v) is 14.1. The van der Waals surface area contributed by atoms with Crippen molar-refractivity contribution < 1.29 is 14.3 Å². The van der Waals surface area contributed by atoms with E-state index in [1.54, 1.807) is 17.1 Å². The van der Waals surface area contributed by atoms with Crippen LogP contribution in [-0.2, 0) is 4.74 Å². The number of hydrogen-bond acceptors (Lipinski definition) is 6. The Hall–Kier alpha value is -1.99. The molecule has 2 aliphatic heterocycles. The lowest BCUT2D eigenvalue weighted by Gasteiger charge is -2.39. The summed E-state index contributed by atoms with van der Waals surface area (Å²) < 4.78 is 12.0. The fourth-order valence-corrected chi connectivity index (χ4v) is 4.03. The van der Waals surface area contributed by atoms with E-state index < -0.39 is 0 Å². The number of likely N-dealkylation sites (tertiary alicyclic amines) is 1. The van der Waals surface area contributed by atoms with E-state index in [-0.39, 0.29) is 17.6 Å². The lowest BCUT2D eigenvalue weighted by Crippen LogP contribution is -2.50. The van der Waals surface area contributed by atoms with E-state index in [4.69, 9.17) is 9.47 Å². The van der Waals surface area contributed by atoms with Gasteiger partial charge in [0.2, 0.25) is 5.88 Å². The van der Waals surface area contributed by atoms with Gasteiger partial charge in [-0.2, -0.15) is 0 Å².